The number of aromatic hydroxyl groups is 1. The highest BCUT2D eigenvalue weighted by Gasteiger charge is 2.26. The molecule has 38 heavy (non-hydrogen) atoms. The van der Waals surface area contributed by atoms with Gasteiger partial charge in [-0.05, 0) is 43.5 Å². The summed E-state index contributed by atoms with van der Waals surface area (Å²) in [6.45, 7) is 0.684. The van der Waals surface area contributed by atoms with Gasteiger partial charge in [0.05, 0.1) is 18.4 Å². The molecule has 0 atom stereocenters. The van der Waals surface area contributed by atoms with Gasteiger partial charge in [0.15, 0.2) is 5.88 Å². The fourth-order valence-corrected chi connectivity index (χ4v) is 4.89. The van der Waals surface area contributed by atoms with Crippen LogP contribution in [-0.4, -0.2) is 47.3 Å². The molecule has 2 aliphatic rings. The summed E-state index contributed by atoms with van der Waals surface area (Å²) in [5.41, 5.74) is 4.39. The fourth-order valence-electron chi connectivity index (χ4n) is 4.89. The molecule has 2 amide bonds. The SMILES string of the molecule is COc1cc(N2CCCC2=O)ccc1N=C(c1ccccc1)c1c(O)[nH]c2cc(C(=O)NC3CC3)ccc12. The molecule has 192 valence electrons. The van der Waals surface area contributed by atoms with Crippen LogP contribution >= 0.6 is 0 Å². The zero-order valence-corrected chi connectivity index (χ0v) is 21.0. The van der Waals surface area contributed by atoms with E-state index in [1.54, 1.807) is 24.1 Å². The van der Waals surface area contributed by atoms with Crippen LogP contribution in [0.2, 0.25) is 0 Å². The highest BCUT2D eigenvalue weighted by molar-refractivity contribution is 6.22. The van der Waals surface area contributed by atoms with Gasteiger partial charge in [0.25, 0.3) is 5.91 Å². The molecule has 2 fully saturated rings. The maximum absolute atomic E-state index is 12.6. The summed E-state index contributed by atoms with van der Waals surface area (Å²) >= 11 is 0. The van der Waals surface area contributed by atoms with Crippen molar-refractivity contribution in [1.82, 2.24) is 10.3 Å². The first-order valence-corrected chi connectivity index (χ1v) is 12.8. The number of amides is 2. The molecule has 1 aromatic heterocycles. The first kappa shape index (κ1) is 23.8. The van der Waals surface area contributed by atoms with E-state index in [1.807, 2.05) is 54.6 Å². The van der Waals surface area contributed by atoms with Crippen LogP contribution < -0.4 is 15.0 Å². The molecular formula is C30H28N4O4. The molecule has 0 bridgehead atoms. The monoisotopic (exact) mass is 508 g/mol. The summed E-state index contributed by atoms with van der Waals surface area (Å²) in [6.07, 6.45) is 3.40. The fraction of sp³-hybridized carbons (Fsp3) is 0.233. The molecule has 8 nitrogen and oxygen atoms in total. The second-order valence-corrected chi connectivity index (χ2v) is 9.69. The molecule has 4 aromatic rings. The van der Waals surface area contributed by atoms with E-state index in [-0.39, 0.29) is 23.7 Å². The van der Waals surface area contributed by atoms with E-state index in [0.717, 1.165) is 35.9 Å². The number of carbonyl (C=O) groups is 2. The Morgan fingerprint density at radius 1 is 1.08 bits per heavy atom. The highest BCUT2D eigenvalue weighted by atomic mass is 16.5. The molecule has 8 heteroatoms. The summed E-state index contributed by atoms with van der Waals surface area (Å²) in [4.78, 5) is 34.6. The number of methoxy groups -OCH3 is 1. The number of fused-ring (bicyclic) bond motifs is 1. The van der Waals surface area contributed by atoms with Gasteiger partial charge >= 0.3 is 0 Å². The Morgan fingerprint density at radius 2 is 1.89 bits per heavy atom. The molecule has 3 N–H and O–H groups in total. The number of nitrogens with one attached hydrogen (secondary N) is 2. The van der Waals surface area contributed by atoms with Gasteiger partial charge in [0.2, 0.25) is 5.91 Å². The zero-order valence-electron chi connectivity index (χ0n) is 21.0. The average Bonchev–Trinajstić information content (AvgIpc) is 3.55. The third kappa shape index (κ3) is 4.49. The Labute approximate surface area is 220 Å². The molecule has 6 rings (SSSR count). The quantitative estimate of drug-likeness (QED) is 0.303. The molecule has 3 aromatic carbocycles. The average molecular weight is 509 g/mol. The first-order valence-electron chi connectivity index (χ1n) is 12.8. The van der Waals surface area contributed by atoms with Crippen molar-refractivity contribution >= 4 is 39.8 Å². The number of aromatic nitrogens is 1. The van der Waals surface area contributed by atoms with Crippen LogP contribution in [0.15, 0.2) is 71.7 Å². The predicted octanol–water partition coefficient (Wildman–Crippen LogP) is 5.07. The molecule has 1 aliphatic carbocycles. The van der Waals surface area contributed by atoms with Crippen LogP contribution in [0.3, 0.4) is 0 Å². The van der Waals surface area contributed by atoms with Crippen molar-refractivity contribution in [3.63, 3.8) is 0 Å². The summed E-state index contributed by atoms with van der Waals surface area (Å²) in [7, 11) is 1.57. The maximum atomic E-state index is 12.6. The molecule has 1 saturated heterocycles. The van der Waals surface area contributed by atoms with Crippen molar-refractivity contribution in [2.75, 3.05) is 18.6 Å². The normalized spacial score (nSPS) is 15.8. The van der Waals surface area contributed by atoms with Crippen LogP contribution in [0.4, 0.5) is 11.4 Å². The number of hydrogen-bond donors (Lipinski definition) is 3. The number of nitrogens with zero attached hydrogens (tertiary/aromatic N) is 2. The van der Waals surface area contributed by atoms with Gasteiger partial charge in [-0.3, -0.25) is 9.59 Å². The Hall–Kier alpha value is -4.59. The second kappa shape index (κ2) is 9.70. The molecular weight excluding hydrogens is 480 g/mol. The maximum Gasteiger partial charge on any atom is 0.251 e. The van der Waals surface area contributed by atoms with Gasteiger partial charge in [-0.1, -0.05) is 36.4 Å². The van der Waals surface area contributed by atoms with E-state index in [1.165, 1.54) is 0 Å². The van der Waals surface area contributed by atoms with Crippen molar-refractivity contribution in [2.24, 2.45) is 4.99 Å². The molecule has 0 spiro atoms. The number of aromatic amines is 1. The number of hydrogen-bond acceptors (Lipinski definition) is 5. The van der Waals surface area contributed by atoms with E-state index >= 15 is 0 Å². The lowest BCUT2D eigenvalue weighted by Crippen LogP contribution is -2.25. The standard InChI is InChI=1S/C30H28N4O4/c1-38-25-17-21(34-15-5-8-26(34)35)12-14-23(25)32-28(18-6-3-2-4-7-18)27-22-13-9-19(16-24(22)33-30(27)37)29(36)31-20-10-11-20/h2-4,6-7,9,12-14,16-17,20,33,37H,5,8,10-11,15H2,1H3,(H,31,36). The lowest BCUT2D eigenvalue weighted by Gasteiger charge is -2.17. The van der Waals surface area contributed by atoms with Crippen molar-refractivity contribution in [3.05, 3.63) is 83.4 Å². The highest BCUT2D eigenvalue weighted by Crippen LogP contribution is 2.37. The summed E-state index contributed by atoms with van der Waals surface area (Å²) in [5.74, 6) is 0.458. The van der Waals surface area contributed by atoms with E-state index < -0.39 is 0 Å². The molecule has 0 unspecified atom stereocenters. The smallest absolute Gasteiger partial charge is 0.251 e. The van der Waals surface area contributed by atoms with Crippen molar-refractivity contribution < 1.29 is 19.4 Å². The van der Waals surface area contributed by atoms with Gasteiger partial charge < -0.3 is 25.0 Å². The Kier molecular flexibility index (Phi) is 6.07. The largest absolute Gasteiger partial charge is 0.494 e. The minimum Gasteiger partial charge on any atom is -0.494 e. The van der Waals surface area contributed by atoms with E-state index in [4.69, 9.17) is 9.73 Å². The Balaban J connectivity index is 1.45. The van der Waals surface area contributed by atoms with Crippen molar-refractivity contribution in [2.45, 2.75) is 31.7 Å². The van der Waals surface area contributed by atoms with Crippen LogP contribution in [0, 0.1) is 0 Å². The minimum absolute atomic E-state index is 0.0411. The van der Waals surface area contributed by atoms with Crippen LogP contribution in [0.5, 0.6) is 11.6 Å². The number of benzene rings is 3. The van der Waals surface area contributed by atoms with Gasteiger partial charge in [0.1, 0.15) is 11.4 Å². The summed E-state index contributed by atoms with van der Waals surface area (Å²) in [5, 5.41) is 14.8. The molecule has 0 radical (unpaired) electrons. The van der Waals surface area contributed by atoms with Crippen LogP contribution in [0.1, 0.15) is 47.2 Å². The Bertz CT molecular complexity index is 1570. The molecule has 1 saturated carbocycles. The van der Waals surface area contributed by atoms with Crippen LogP contribution in [0.25, 0.3) is 10.9 Å². The lowest BCUT2D eigenvalue weighted by atomic mass is 10.00. The topological polar surface area (TPSA) is 107 Å². The number of anilines is 1. The molecule has 2 heterocycles. The molecule has 1 aliphatic heterocycles. The second-order valence-electron chi connectivity index (χ2n) is 9.69. The van der Waals surface area contributed by atoms with Gasteiger partial charge in [-0.15, -0.1) is 0 Å². The van der Waals surface area contributed by atoms with Crippen molar-refractivity contribution in [1.29, 1.82) is 0 Å². The number of rotatable bonds is 7. The number of H-pyrrole nitrogens is 1. The van der Waals surface area contributed by atoms with Gasteiger partial charge in [0, 0.05) is 52.8 Å². The minimum atomic E-state index is -0.122. The third-order valence-electron chi connectivity index (χ3n) is 7.02. The summed E-state index contributed by atoms with van der Waals surface area (Å²) in [6, 6.07) is 20.7. The zero-order chi connectivity index (χ0) is 26.2. The predicted molar refractivity (Wildman–Crippen MR) is 147 cm³/mol. The summed E-state index contributed by atoms with van der Waals surface area (Å²) < 4.78 is 5.67. The van der Waals surface area contributed by atoms with Gasteiger partial charge in [-0.25, -0.2) is 4.99 Å². The third-order valence-corrected chi connectivity index (χ3v) is 7.02. The number of ether oxygens (including phenoxy) is 1. The van der Waals surface area contributed by atoms with Crippen LogP contribution in [-0.2, 0) is 4.79 Å². The number of carbonyl (C=O) groups excluding carboxylic acids is 2. The van der Waals surface area contributed by atoms with E-state index in [2.05, 4.69) is 10.3 Å². The van der Waals surface area contributed by atoms with E-state index in [9.17, 15) is 14.7 Å². The van der Waals surface area contributed by atoms with Gasteiger partial charge in [-0.2, -0.15) is 0 Å². The number of aliphatic imine (C=N–C) groups is 1. The lowest BCUT2D eigenvalue weighted by molar-refractivity contribution is -0.117. The Morgan fingerprint density at radius 3 is 2.61 bits per heavy atom. The first-order chi connectivity index (χ1) is 18.5. The van der Waals surface area contributed by atoms with Crippen molar-refractivity contribution in [3.8, 4) is 11.6 Å². The van der Waals surface area contributed by atoms with E-state index in [0.29, 0.717) is 46.8 Å².